The molecule has 2 rings (SSSR count). The van der Waals surface area contributed by atoms with Gasteiger partial charge >= 0.3 is 0 Å². The van der Waals surface area contributed by atoms with Crippen LogP contribution in [0.2, 0.25) is 5.02 Å². The van der Waals surface area contributed by atoms with E-state index in [9.17, 15) is 10.1 Å². The van der Waals surface area contributed by atoms with Crippen LogP contribution in [-0.2, 0) is 0 Å². The zero-order valence-corrected chi connectivity index (χ0v) is 11.5. The third kappa shape index (κ3) is 3.26. The highest BCUT2D eigenvalue weighted by Crippen LogP contribution is 2.31. The highest BCUT2D eigenvalue weighted by Gasteiger charge is 2.09. The zero-order valence-electron chi connectivity index (χ0n) is 10.7. The lowest BCUT2D eigenvalue weighted by Gasteiger charge is -2.10. The van der Waals surface area contributed by atoms with Crippen molar-refractivity contribution in [2.24, 2.45) is 5.73 Å². The average Bonchev–Trinajstić information content (AvgIpc) is 2.41. The van der Waals surface area contributed by atoms with Crippen molar-refractivity contribution in [2.45, 2.75) is 13.0 Å². The molecule has 1 atom stereocenters. The van der Waals surface area contributed by atoms with Gasteiger partial charge in [-0.2, -0.15) is 0 Å². The van der Waals surface area contributed by atoms with Gasteiger partial charge in [0.1, 0.15) is 11.5 Å². The number of nitro benzene ring substituents is 1. The summed E-state index contributed by atoms with van der Waals surface area (Å²) in [5, 5.41) is 11.0. The Kier molecular flexibility index (Phi) is 4.22. The summed E-state index contributed by atoms with van der Waals surface area (Å²) in [6.45, 7) is 1.86. The van der Waals surface area contributed by atoms with Crippen molar-refractivity contribution in [2.75, 3.05) is 0 Å². The van der Waals surface area contributed by atoms with E-state index in [1.54, 1.807) is 12.1 Å². The van der Waals surface area contributed by atoms with E-state index in [1.165, 1.54) is 24.3 Å². The number of nitrogens with zero attached hydrogens (tertiary/aromatic N) is 1. The van der Waals surface area contributed by atoms with Crippen LogP contribution in [0.3, 0.4) is 0 Å². The van der Waals surface area contributed by atoms with E-state index in [2.05, 4.69) is 0 Å². The molecule has 0 saturated carbocycles. The molecular weight excluding hydrogens is 280 g/mol. The largest absolute Gasteiger partial charge is 0.456 e. The molecule has 0 saturated heterocycles. The summed E-state index contributed by atoms with van der Waals surface area (Å²) in [6, 6.07) is 11.0. The first kappa shape index (κ1) is 14.3. The first-order valence-corrected chi connectivity index (χ1v) is 6.32. The van der Waals surface area contributed by atoms with Gasteiger partial charge in [0.2, 0.25) is 0 Å². The molecule has 0 unspecified atom stereocenters. The second-order valence-electron chi connectivity index (χ2n) is 4.33. The van der Waals surface area contributed by atoms with Gasteiger partial charge in [-0.25, -0.2) is 0 Å². The number of non-ortho nitro benzene ring substituents is 1. The Labute approximate surface area is 121 Å². The highest BCUT2D eigenvalue weighted by molar-refractivity contribution is 6.32. The fraction of sp³-hybridized carbons (Fsp3) is 0.143. The molecule has 0 heterocycles. The van der Waals surface area contributed by atoms with Crippen molar-refractivity contribution >= 4 is 17.3 Å². The number of benzene rings is 2. The van der Waals surface area contributed by atoms with Gasteiger partial charge in [0.25, 0.3) is 5.69 Å². The van der Waals surface area contributed by atoms with E-state index in [0.29, 0.717) is 16.5 Å². The third-order valence-electron chi connectivity index (χ3n) is 2.76. The maximum Gasteiger partial charge on any atom is 0.269 e. The number of hydrogen-bond acceptors (Lipinski definition) is 4. The summed E-state index contributed by atoms with van der Waals surface area (Å²) < 4.78 is 5.58. The van der Waals surface area contributed by atoms with E-state index >= 15 is 0 Å². The van der Waals surface area contributed by atoms with E-state index in [1.807, 2.05) is 13.0 Å². The van der Waals surface area contributed by atoms with Crippen LogP contribution < -0.4 is 10.5 Å². The molecule has 0 amide bonds. The summed E-state index contributed by atoms with van der Waals surface area (Å²) in [4.78, 5) is 10.1. The fourth-order valence-electron chi connectivity index (χ4n) is 1.65. The van der Waals surface area contributed by atoms with Gasteiger partial charge in [-0.15, -0.1) is 0 Å². The van der Waals surface area contributed by atoms with Crippen molar-refractivity contribution in [3.8, 4) is 11.5 Å². The number of hydrogen-bond donors (Lipinski definition) is 1. The Hall–Kier alpha value is -2.11. The summed E-state index contributed by atoms with van der Waals surface area (Å²) >= 11 is 6.12. The molecule has 0 aliphatic carbocycles. The topological polar surface area (TPSA) is 78.4 Å². The van der Waals surface area contributed by atoms with Gasteiger partial charge < -0.3 is 10.5 Å². The van der Waals surface area contributed by atoms with Crippen LogP contribution in [-0.4, -0.2) is 4.92 Å². The van der Waals surface area contributed by atoms with Crippen LogP contribution in [0.15, 0.2) is 42.5 Å². The fourth-order valence-corrected chi connectivity index (χ4v) is 1.87. The zero-order chi connectivity index (χ0) is 14.7. The molecule has 0 spiro atoms. The minimum atomic E-state index is -0.464. The van der Waals surface area contributed by atoms with E-state index in [0.717, 1.165) is 5.56 Å². The molecule has 5 nitrogen and oxygen atoms in total. The Morgan fingerprint density at radius 2 is 1.90 bits per heavy atom. The quantitative estimate of drug-likeness (QED) is 0.681. The van der Waals surface area contributed by atoms with Crippen molar-refractivity contribution in [1.82, 2.24) is 0 Å². The number of ether oxygens (including phenoxy) is 1. The molecule has 2 aromatic rings. The highest BCUT2D eigenvalue weighted by atomic mass is 35.5. The van der Waals surface area contributed by atoms with Crippen LogP contribution in [0, 0.1) is 10.1 Å². The number of halogens is 1. The summed E-state index contributed by atoms with van der Waals surface area (Å²) in [7, 11) is 0. The predicted molar refractivity (Wildman–Crippen MR) is 77.2 cm³/mol. The smallest absolute Gasteiger partial charge is 0.269 e. The van der Waals surface area contributed by atoms with Crippen molar-refractivity contribution in [3.05, 3.63) is 63.2 Å². The maximum atomic E-state index is 10.6. The van der Waals surface area contributed by atoms with E-state index in [-0.39, 0.29) is 11.7 Å². The molecule has 20 heavy (non-hydrogen) atoms. The first-order chi connectivity index (χ1) is 9.47. The Morgan fingerprint density at radius 1 is 1.25 bits per heavy atom. The van der Waals surface area contributed by atoms with Crippen LogP contribution in [0.1, 0.15) is 18.5 Å². The normalized spacial score (nSPS) is 11.9. The van der Waals surface area contributed by atoms with Crippen LogP contribution in [0.25, 0.3) is 0 Å². The van der Waals surface area contributed by atoms with Gasteiger partial charge in [-0.05, 0) is 36.8 Å². The summed E-state index contributed by atoms with van der Waals surface area (Å²) in [6.07, 6.45) is 0. The first-order valence-electron chi connectivity index (χ1n) is 5.94. The number of nitrogens with two attached hydrogens (primary N) is 1. The lowest BCUT2D eigenvalue weighted by molar-refractivity contribution is -0.384. The summed E-state index contributed by atoms with van der Waals surface area (Å²) in [5.74, 6) is 0.955. The molecule has 2 N–H and O–H groups in total. The third-order valence-corrected chi connectivity index (χ3v) is 3.05. The number of nitro groups is 1. The van der Waals surface area contributed by atoms with Crippen molar-refractivity contribution in [1.29, 1.82) is 0 Å². The second-order valence-corrected chi connectivity index (χ2v) is 4.74. The minimum Gasteiger partial charge on any atom is -0.456 e. The lowest BCUT2D eigenvalue weighted by atomic mass is 10.1. The van der Waals surface area contributed by atoms with Gasteiger partial charge in [-0.1, -0.05) is 17.7 Å². The van der Waals surface area contributed by atoms with Gasteiger partial charge in [-0.3, -0.25) is 10.1 Å². The number of rotatable bonds is 4. The molecule has 0 aliphatic heterocycles. The van der Waals surface area contributed by atoms with Crippen LogP contribution in [0.4, 0.5) is 5.69 Å². The van der Waals surface area contributed by atoms with Gasteiger partial charge in [0.05, 0.1) is 9.95 Å². The molecule has 6 heteroatoms. The molecular formula is C14H13ClN2O3. The van der Waals surface area contributed by atoms with Crippen LogP contribution >= 0.6 is 11.6 Å². The predicted octanol–water partition coefficient (Wildman–Crippen LogP) is 4.06. The molecule has 0 aliphatic rings. The molecule has 0 aromatic heterocycles. The van der Waals surface area contributed by atoms with Crippen molar-refractivity contribution < 1.29 is 9.66 Å². The molecule has 0 fully saturated rings. The Balaban J connectivity index is 2.19. The second kappa shape index (κ2) is 5.90. The minimum absolute atomic E-state index is 0.00996. The van der Waals surface area contributed by atoms with E-state index < -0.39 is 4.92 Å². The lowest BCUT2D eigenvalue weighted by Crippen LogP contribution is -2.04. The molecule has 0 bridgehead atoms. The van der Waals surface area contributed by atoms with Gasteiger partial charge in [0.15, 0.2) is 0 Å². The molecule has 104 valence electrons. The monoisotopic (exact) mass is 292 g/mol. The molecule has 0 radical (unpaired) electrons. The standard InChI is InChI=1S/C14H13ClN2O3/c1-9(16)10-2-7-14(13(15)8-10)20-12-5-3-11(4-6-12)17(18)19/h2-9H,16H2,1H3/t9-/m0/s1. The van der Waals surface area contributed by atoms with Crippen LogP contribution in [0.5, 0.6) is 11.5 Å². The van der Waals surface area contributed by atoms with Gasteiger partial charge in [0, 0.05) is 18.2 Å². The molecule has 2 aromatic carbocycles. The van der Waals surface area contributed by atoms with Crippen molar-refractivity contribution in [3.63, 3.8) is 0 Å². The maximum absolute atomic E-state index is 10.6. The SMILES string of the molecule is C[C@H](N)c1ccc(Oc2ccc([N+](=O)[O-])cc2)c(Cl)c1. The Bertz CT molecular complexity index is 627. The Morgan fingerprint density at radius 3 is 2.40 bits per heavy atom. The average molecular weight is 293 g/mol. The van der Waals surface area contributed by atoms with E-state index in [4.69, 9.17) is 22.1 Å². The summed E-state index contributed by atoms with van der Waals surface area (Å²) in [5.41, 5.74) is 6.69.